The number of rotatable bonds is 5. The molecule has 0 aromatic rings. The van der Waals surface area contributed by atoms with Crippen LogP contribution in [-0.4, -0.2) is 53.0 Å². The van der Waals surface area contributed by atoms with E-state index in [-0.39, 0.29) is 11.8 Å². The van der Waals surface area contributed by atoms with E-state index in [0.29, 0.717) is 32.6 Å². The van der Waals surface area contributed by atoms with E-state index in [1.54, 1.807) is 0 Å². The molecule has 5 nitrogen and oxygen atoms in total. The van der Waals surface area contributed by atoms with Gasteiger partial charge in [-0.15, -0.1) is 0 Å². The Morgan fingerprint density at radius 3 is 2.84 bits per heavy atom. The summed E-state index contributed by atoms with van der Waals surface area (Å²) in [6.45, 7) is 4.23. The lowest BCUT2D eigenvalue weighted by Crippen LogP contribution is -2.39. The van der Waals surface area contributed by atoms with Crippen molar-refractivity contribution in [2.24, 2.45) is 5.92 Å². The molecule has 0 saturated carbocycles. The number of likely N-dealkylation sites (tertiary alicyclic amines) is 1. The number of carboxylic acids is 1. The average Bonchev–Trinajstić information content (AvgIpc) is 3.01. The first-order valence-corrected chi connectivity index (χ1v) is 7.06. The molecule has 0 radical (unpaired) electrons. The fraction of sp³-hybridized carbons (Fsp3) is 0.714. The Kier molecular flexibility index (Phi) is 4.58. The van der Waals surface area contributed by atoms with Crippen LogP contribution < -0.4 is 0 Å². The molecule has 1 N–H and O–H groups in total. The molecule has 106 valence electrons. The van der Waals surface area contributed by atoms with Crippen LogP contribution in [0.3, 0.4) is 0 Å². The number of hydrogen-bond acceptors (Lipinski definition) is 3. The molecule has 1 unspecified atom stereocenters. The van der Waals surface area contributed by atoms with E-state index in [9.17, 15) is 9.59 Å². The Hall–Kier alpha value is -1.36. The van der Waals surface area contributed by atoms with Gasteiger partial charge in [-0.2, -0.15) is 0 Å². The van der Waals surface area contributed by atoms with Crippen molar-refractivity contribution in [2.75, 3.05) is 26.2 Å². The second kappa shape index (κ2) is 6.19. The summed E-state index contributed by atoms with van der Waals surface area (Å²) in [7, 11) is 0. The Balaban J connectivity index is 1.88. The molecule has 1 heterocycles. The minimum atomic E-state index is -0.749. The number of likely N-dealkylation sites (N-methyl/N-ethyl adjacent to an activating group) is 1. The minimum absolute atomic E-state index is 0.0988. The number of nitrogens with zero attached hydrogens (tertiary/aromatic N) is 2. The van der Waals surface area contributed by atoms with Gasteiger partial charge in [-0.1, -0.05) is 6.08 Å². The zero-order valence-electron chi connectivity index (χ0n) is 11.5. The molecule has 19 heavy (non-hydrogen) atoms. The van der Waals surface area contributed by atoms with E-state index in [4.69, 9.17) is 5.11 Å². The van der Waals surface area contributed by atoms with Gasteiger partial charge >= 0.3 is 5.97 Å². The first-order valence-electron chi connectivity index (χ1n) is 7.06. The van der Waals surface area contributed by atoms with Crippen LogP contribution >= 0.6 is 0 Å². The summed E-state index contributed by atoms with van der Waals surface area (Å²) in [4.78, 5) is 27.0. The van der Waals surface area contributed by atoms with Gasteiger partial charge in [0.1, 0.15) is 0 Å². The summed E-state index contributed by atoms with van der Waals surface area (Å²) in [5.41, 5.74) is 1.14. The number of allylic oxidation sites excluding steroid dienone is 2. The molecule has 2 aliphatic rings. The maximum absolute atomic E-state index is 12.3. The standard InChI is InChI=1S/C14H22N2O3/c1-2-16(12-5-3-4-6-12)13(17)10-15-8-7-11(9-15)14(18)19/h5,11H,2-4,6-10H2,1H3,(H,18,19). The van der Waals surface area contributed by atoms with E-state index >= 15 is 0 Å². The number of amides is 1. The molecule has 0 aromatic heterocycles. The first kappa shape index (κ1) is 14.1. The summed E-state index contributed by atoms with van der Waals surface area (Å²) >= 11 is 0. The third kappa shape index (κ3) is 3.35. The van der Waals surface area contributed by atoms with Gasteiger partial charge in [0.25, 0.3) is 0 Å². The predicted octanol–water partition coefficient (Wildman–Crippen LogP) is 1.31. The van der Waals surface area contributed by atoms with Gasteiger partial charge in [0.15, 0.2) is 0 Å². The molecule has 1 fully saturated rings. The highest BCUT2D eigenvalue weighted by Gasteiger charge is 2.30. The minimum Gasteiger partial charge on any atom is -0.481 e. The Labute approximate surface area is 113 Å². The van der Waals surface area contributed by atoms with Gasteiger partial charge in [0.2, 0.25) is 5.91 Å². The molecular formula is C14H22N2O3. The molecule has 1 aliphatic carbocycles. The SMILES string of the molecule is CCN(C(=O)CN1CCC(C(=O)O)C1)C1=CCCC1. The molecule has 0 spiro atoms. The second-order valence-electron chi connectivity index (χ2n) is 5.28. The highest BCUT2D eigenvalue weighted by atomic mass is 16.4. The topological polar surface area (TPSA) is 60.9 Å². The van der Waals surface area contributed by atoms with Crippen molar-refractivity contribution >= 4 is 11.9 Å². The highest BCUT2D eigenvalue weighted by molar-refractivity contribution is 5.80. The average molecular weight is 266 g/mol. The highest BCUT2D eigenvalue weighted by Crippen LogP contribution is 2.22. The van der Waals surface area contributed by atoms with Crippen LogP contribution in [0.5, 0.6) is 0 Å². The van der Waals surface area contributed by atoms with Crippen LogP contribution in [0, 0.1) is 5.92 Å². The van der Waals surface area contributed by atoms with Gasteiger partial charge < -0.3 is 10.0 Å². The van der Waals surface area contributed by atoms with Crippen molar-refractivity contribution in [3.63, 3.8) is 0 Å². The van der Waals surface area contributed by atoms with Crippen LogP contribution in [0.4, 0.5) is 0 Å². The normalized spacial score (nSPS) is 23.4. The zero-order chi connectivity index (χ0) is 13.8. The molecule has 2 rings (SSSR count). The van der Waals surface area contributed by atoms with Crippen LogP contribution in [0.25, 0.3) is 0 Å². The fourth-order valence-corrected chi connectivity index (χ4v) is 2.89. The van der Waals surface area contributed by atoms with Crippen molar-refractivity contribution in [2.45, 2.75) is 32.6 Å². The summed E-state index contributed by atoms with van der Waals surface area (Å²) in [6, 6.07) is 0. The lowest BCUT2D eigenvalue weighted by atomic mass is 10.1. The van der Waals surface area contributed by atoms with Crippen LogP contribution in [0.1, 0.15) is 32.6 Å². The van der Waals surface area contributed by atoms with Crippen molar-refractivity contribution in [1.29, 1.82) is 0 Å². The summed E-state index contributed by atoms with van der Waals surface area (Å²) < 4.78 is 0. The Bertz CT molecular complexity index is 392. The molecule has 1 saturated heterocycles. The number of aliphatic carboxylic acids is 1. The summed E-state index contributed by atoms with van der Waals surface area (Å²) in [5.74, 6) is -0.962. The van der Waals surface area contributed by atoms with Crippen molar-refractivity contribution < 1.29 is 14.7 Å². The summed E-state index contributed by atoms with van der Waals surface area (Å²) in [6.07, 6.45) is 5.97. The third-order valence-corrected chi connectivity index (χ3v) is 3.96. The van der Waals surface area contributed by atoms with E-state index in [2.05, 4.69) is 6.08 Å². The van der Waals surface area contributed by atoms with Crippen LogP contribution in [-0.2, 0) is 9.59 Å². The van der Waals surface area contributed by atoms with E-state index in [1.165, 1.54) is 0 Å². The first-order chi connectivity index (χ1) is 9.11. The predicted molar refractivity (Wildman–Crippen MR) is 71.5 cm³/mol. The van der Waals surface area contributed by atoms with Gasteiger partial charge in [0.05, 0.1) is 12.5 Å². The maximum atomic E-state index is 12.3. The zero-order valence-corrected chi connectivity index (χ0v) is 11.5. The maximum Gasteiger partial charge on any atom is 0.307 e. The third-order valence-electron chi connectivity index (χ3n) is 3.96. The van der Waals surface area contributed by atoms with E-state index in [0.717, 1.165) is 25.0 Å². The van der Waals surface area contributed by atoms with Gasteiger partial charge in [-0.25, -0.2) is 0 Å². The van der Waals surface area contributed by atoms with Crippen molar-refractivity contribution in [3.8, 4) is 0 Å². The molecular weight excluding hydrogens is 244 g/mol. The fourth-order valence-electron chi connectivity index (χ4n) is 2.89. The quantitative estimate of drug-likeness (QED) is 0.815. The Morgan fingerprint density at radius 2 is 2.32 bits per heavy atom. The number of carbonyl (C=O) groups excluding carboxylic acids is 1. The van der Waals surface area contributed by atoms with Gasteiger partial charge in [-0.3, -0.25) is 14.5 Å². The number of hydrogen-bond donors (Lipinski definition) is 1. The van der Waals surface area contributed by atoms with Crippen LogP contribution in [0.15, 0.2) is 11.8 Å². The van der Waals surface area contributed by atoms with E-state index < -0.39 is 5.97 Å². The monoisotopic (exact) mass is 266 g/mol. The second-order valence-corrected chi connectivity index (χ2v) is 5.28. The molecule has 1 atom stereocenters. The summed E-state index contributed by atoms with van der Waals surface area (Å²) in [5, 5.41) is 8.96. The van der Waals surface area contributed by atoms with Crippen molar-refractivity contribution in [1.82, 2.24) is 9.80 Å². The van der Waals surface area contributed by atoms with Gasteiger partial charge in [0, 0.05) is 18.8 Å². The smallest absolute Gasteiger partial charge is 0.307 e. The van der Waals surface area contributed by atoms with Gasteiger partial charge in [-0.05, 0) is 39.2 Å². The lowest BCUT2D eigenvalue weighted by molar-refractivity contribution is -0.141. The largest absolute Gasteiger partial charge is 0.481 e. The Morgan fingerprint density at radius 1 is 1.53 bits per heavy atom. The van der Waals surface area contributed by atoms with E-state index in [1.807, 2.05) is 16.7 Å². The molecule has 1 amide bonds. The molecule has 0 bridgehead atoms. The van der Waals surface area contributed by atoms with Crippen molar-refractivity contribution in [3.05, 3.63) is 11.8 Å². The number of carbonyl (C=O) groups is 2. The number of carboxylic acid groups (broad SMARTS) is 1. The molecule has 1 aliphatic heterocycles. The lowest BCUT2D eigenvalue weighted by Gasteiger charge is -2.25. The molecule has 0 aromatic carbocycles. The molecule has 5 heteroatoms. The van der Waals surface area contributed by atoms with Crippen LogP contribution in [0.2, 0.25) is 0 Å².